The molecule has 0 amide bonds. The minimum Gasteiger partial charge on any atom is -0.393 e. The fourth-order valence-corrected chi connectivity index (χ4v) is 5.65. The highest BCUT2D eigenvalue weighted by molar-refractivity contribution is 5.02. The van der Waals surface area contributed by atoms with Crippen LogP contribution >= 0.6 is 0 Å². The standard InChI is InChI=1S/C18H34O/c1-13-7-10-16-17(3,4)11-6-12-18(16,5)15(13)9-8-14(2)19/h13-16,19H,6-12H2,1-5H3/t13-,14-,15-,16-,18+/m0/s1. The molecule has 0 spiro atoms. The number of aliphatic hydroxyl groups is 1. The molecule has 1 heteroatoms. The number of hydrogen-bond acceptors (Lipinski definition) is 1. The molecule has 5 atom stereocenters. The molecule has 1 N–H and O–H groups in total. The molecule has 2 aliphatic carbocycles. The Balaban J connectivity index is 2.20. The predicted molar refractivity (Wildman–Crippen MR) is 82.0 cm³/mol. The van der Waals surface area contributed by atoms with Gasteiger partial charge in [0.05, 0.1) is 6.10 Å². The number of fused-ring (bicyclic) bond motifs is 1. The molecule has 2 fully saturated rings. The van der Waals surface area contributed by atoms with Gasteiger partial charge >= 0.3 is 0 Å². The lowest BCUT2D eigenvalue weighted by Gasteiger charge is -2.59. The second-order valence-corrected chi connectivity index (χ2v) is 8.49. The van der Waals surface area contributed by atoms with Crippen LogP contribution in [0.1, 0.15) is 79.6 Å². The van der Waals surface area contributed by atoms with E-state index in [1.165, 1.54) is 38.5 Å². The van der Waals surface area contributed by atoms with Gasteiger partial charge in [-0.1, -0.05) is 40.5 Å². The largest absolute Gasteiger partial charge is 0.393 e. The molecular formula is C18H34O. The SMILES string of the molecule is C[C@H](O)CC[C@H]1[C@@H](C)CC[C@H]2C(C)(C)CCC[C@]12C. The van der Waals surface area contributed by atoms with E-state index >= 15 is 0 Å². The monoisotopic (exact) mass is 266 g/mol. The molecule has 19 heavy (non-hydrogen) atoms. The Hall–Kier alpha value is -0.0400. The van der Waals surface area contributed by atoms with Crippen molar-refractivity contribution in [2.24, 2.45) is 28.6 Å². The Kier molecular flexibility index (Phi) is 4.35. The molecule has 0 aromatic carbocycles. The van der Waals surface area contributed by atoms with Crippen LogP contribution in [0.4, 0.5) is 0 Å². The molecule has 0 saturated heterocycles. The molecule has 0 aromatic heterocycles. The average Bonchev–Trinajstić information content (AvgIpc) is 2.26. The van der Waals surface area contributed by atoms with Crippen molar-refractivity contribution in [2.75, 3.05) is 0 Å². The van der Waals surface area contributed by atoms with Crippen LogP contribution in [0.2, 0.25) is 0 Å². The Bertz CT molecular complexity index is 307. The number of aliphatic hydroxyl groups excluding tert-OH is 1. The highest BCUT2D eigenvalue weighted by Crippen LogP contribution is 2.61. The minimum atomic E-state index is -0.132. The lowest BCUT2D eigenvalue weighted by molar-refractivity contribution is -0.0982. The zero-order valence-electron chi connectivity index (χ0n) is 13.7. The minimum absolute atomic E-state index is 0.132. The van der Waals surface area contributed by atoms with Crippen molar-refractivity contribution in [1.82, 2.24) is 0 Å². The summed E-state index contributed by atoms with van der Waals surface area (Å²) >= 11 is 0. The number of rotatable bonds is 3. The van der Waals surface area contributed by atoms with Gasteiger partial charge in [-0.05, 0) is 67.6 Å². The van der Waals surface area contributed by atoms with Gasteiger partial charge in [0.15, 0.2) is 0 Å². The zero-order chi connectivity index (χ0) is 14.3. The van der Waals surface area contributed by atoms with Gasteiger partial charge in [-0.15, -0.1) is 0 Å². The highest BCUT2D eigenvalue weighted by Gasteiger charge is 2.53. The second-order valence-electron chi connectivity index (χ2n) is 8.49. The summed E-state index contributed by atoms with van der Waals surface area (Å²) in [5.74, 6) is 2.55. The zero-order valence-corrected chi connectivity index (χ0v) is 13.7. The van der Waals surface area contributed by atoms with E-state index in [-0.39, 0.29) is 6.10 Å². The quantitative estimate of drug-likeness (QED) is 0.760. The average molecular weight is 266 g/mol. The van der Waals surface area contributed by atoms with Crippen molar-refractivity contribution in [3.05, 3.63) is 0 Å². The van der Waals surface area contributed by atoms with Crippen LogP contribution in [0, 0.1) is 28.6 Å². The maximum Gasteiger partial charge on any atom is 0.0512 e. The maximum absolute atomic E-state index is 9.65. The molecule has 0 bridgehead atoms. The summed E-state index contributed by atoms with van der Waals surface area (Å²) in [5.41, 5.74) is 1.05. The van der Waals surface area contributed by atoms with Crippen LogP contribution in [0.15, 0.2) is 0 Å². The lowest BCUT2D eigenvalue weighted by Crippen LogP contribution is -2.51. The van der Waals surface area contributed by atoms with E-state index in [1.807, 2.05) is 6.92 Å². The Morgan fingerprint density at radius 2 is 1.84 bits per heavy atom. The van der Waals surface area contributed by atoms with Gasteiger partial charge in [0.25, 0.3) is 0 Å². The van der Waals surface area contributed by atoms with E-state index in [4.69, 9.17) is 0 Å². The van der Waals surface area contributed by atoms with E-state index < -0.39 is 0 Å². The van der Waals surface area contributed by atoms with Crippen molar-refractivity contribution in [3.8, 4) is 0 Å². The van der Waals surface area contributed by atoms with Gasteiger partial charge in [0, 0.05) is 0 Å². The van der Waals surface area contributed by atoms with Crippen LogP contribution in [0.3, 0.4) is 0 Å². The summed E-state index contributed by atoms with van der Waals surface area (Å²) in [6, 6.07) is 0. The summed E-state index contributed by atoms with van der Waals surface area (Å²) in [5, 5.41) is 9.65. The third-order valence-corrected chi connectivity index (χ3v) is 6.62. The number of hydrogen-bond donors (Lipinski definition) is 1. The van der Waals surface area contributed by atoms with Crippen LogP contribution in [0.25, 0.3) is 0 Å². The Labute approximate surface area is 120 Å². The molecule has 0 unspecified atom stereocenters. The van der Waals surface area contributed by atoms with Gasteiger partial charge in [0.1, 0.15) is 0 Å². The molecule has 0 aromatic rings. The van der Waals surface area contributed by atoms with Crippen LogP contribution in [-0.4, -0.2) is 11.2 Å². The third kappa shape index (κ3) is 2.86. The van der Waals surface area contributed by atoms with Gasteiger partial charge in [0.2, 0.25) is 0 Å². The molecule has 2 rings (SSSR count). The van der Waals surface area contributed by atoms with Gasteiger partial charge in [-0.25, -0.2) is 0 Å². The summed E-state index contributed by atoms with van der Waals surface area (Å²) in [6.07, 6.45) is 9.12. The van der Waals surface area contributed by atoms with E-state index in [0.717, 1.165) is 24.2 Å². The van der Waals surface area contributed by atoms with Crippen molar-refractivity contribution in [2.45, 2.75) is 85.7 Å². The van der Waals surface area contributed by atoms with Crippen LogP contribution < -0.4 is 0 Å². The van der Waals surface area contributed by atoms with Crippen molar-refractivity contribution < 1.29 is 5.11 Å². The molecule has 0 aliphatic heterocycles. The van der Waals surface area contributed by atoms with E-state index in [1.54, 1.807) is 0 Å². The smallest absolute Gasteiger partial charge is 0.0512 e. The Morgan fingerprint density at radius 3 is 2.47 bits per heavy atom. The van der Waals surface area contributed by atoms with Crippen LogP contribution in [0.5, 0.6) is 0 Å². The summed E-state index contributed by atoms with van der Waals surface area (Å²) in [6.45, 7) is 12.0. The van der Waals surface area contributed by atoms with Crippen molar-refractivity contribution in [3.63, 3.8) is 0 Å². The van der Waals surface area contributed by atoms with Crippen molar-refractivity contribution in [1.29, 1.82) is 0 Å². The summed E-state index contributed by atoms with van der Waals surface area (Å²) < 4.78 is 0. The van der Waals surface area contributed by atoms with E-state index in [2.05, 4.69) is 27.7 Å². The van der Waals surface area contributed by atoms with E-state index in [9.17, 15) is 5.11 Å². The first-order chi connectivity index (χ1) is 8.77. The van der Waals surface area contributed by atoms with Crippen LogP contribution in [-0.2, 0) is 0 Å². The maximum atomic E-state index is 9.65. The van der Waals surface area contributed by atoms with E-state index in [0.29, 0.717) is 10.8 Å². The van der Waals surface area contributed by atoms with Crippen molar-refractivity contribution >= 4 is 0 Å². The fraction of sp³-hybridized carbons (Fsp3) is 1.00. The first-order valence-electron chi connectivity index (χ1n) is 8.45. The van der Waals surface area contributed by atoms with Gasteiger partial charge in [-0.2, -0.15) is 0 Å². The molecular weight excluding hydrogens is 232 g/mol. The first kappa shape index (κ1) is 15.4. The second kappa shape index (κ2) is 5.39. The normalized spacial score (nSPS) is 43.6. The third-order valence-electron chi connectivity index (χ3n) is 6.62. The topological polar surface area (TPSA) is 20.2 Å². The fourth-order valence-electron chi connectivity index (χ4n) is 5.65. The summed E-state index contributed by atoms with van der Waals surface area (Å²) in [4.78, 5) is 0. The predicted octanol–water partition coefficient (Wildman–Crippen LogP) is 5.03. The van der Waals surface area contributed by atoms with Gasteiger partial charge in [-0.3, -0.25) is 0 Å². The molecule has 0 radical (unpaired) electrons. The molecule has 2 saturated carbocycles. The molecule has 112 valence electrons. The lowest BCUT2D eigenvalue weighted by atomic mass is 9.46. The molecule has 0 heterocycles. The first-order valence-corrected chi connectivity index (χ1v) is 8.45. The molecule has 1 nitrogen and oxygen atoms in total. The molecule has 2 aliphatic rings. The summed E-state index contributed by atoms with van der Waals surface area (Å²) in [7, 11) is 0. The Morgan fingerprint density at radius 1 is 1.16 bits per heavy atom. The van der Waals surface area contributed by atoms with Gasteiger partial charge < -0.3 is 5.11 Å². The highest BCUT2D eigenvalue weighted by atomic mass is 16.3.